The SMILES string of the molecule is CCC(C)c1ccc2oc(-c3ccc(-c4nc5cc(C(C)CC)ccc5o4)c4ccccc34)nc2c1. The van der Waals surface area contributed by atoms with Crippen LogP contribution in [0.25, 0.3) is 55.9 Å². The first-order valence-electron chi connectivity index (χ1n) is 12.9. The van der Waals surface area contributed by atoms with E-state index in [1.54, 1.807) is 0 Å². The second kappa shape index (κ2) is 8.94. The Balaban J connectivity index is 1.46. The quantitative estimate of drug-likeness (QED) is 0.241. The minimum atomic E-state index is 0.493. The summed E-state index contributed by atoms with van der Waals surface area (Å²) in [6.07, 6.45) is 2.19. The molecule has 180 valence electrons. The molecule has 0 N–H and O–H groups in total. The van der Waals surface area contributed by atoms with Crippen LogP contribution >= 0.6 is 0 Å². The molecule has 6 rings (SSSR count). The molecule has 4 heteroatoms. The monoisotopic (exact) mass is 474 g/mol. The normalized spacial score (nSPS) is 13.6. The van der Waals surface area contributed by atoms with Crippen LogP contribution in [0.3, 0.4) is 0 Å². The number of benzene rings is 4. The average Bonchev–Trinajstić information content (AvgIpc) is 3.54. The number of rotatable bonds is 6. The minimum Gasteiger partial charge on any atom is -0.436 e. The Morgan fingerprint density at radius 1 is 0.611 bits per heavy atom. The zero-order chi connectivity index (χ0) is 24.8. The van der Waals surface area contributed by atoms with Gasteiger partial charge in [-0.3, -0.25) is 0 Å². The van der Waals surface area contributed by atoms with Crippen molar-refractivity contribution in [1.29, 1.82) is 0 Å². The van der Waals surface area contributed by atoms with E-state index >= 15 is 0 Å². The fraction of sp³-hybridized carbons (Fsp3) is 0.250. The van der Waals surface area contributed by atoms with Crippen molar-refractivity contribution in [2.24, 2.45) is 0 Å². The van der Waals surface area contributed by atoms with Gasteiger partial charge in [0.25, 0.3) is 0 Å². The summed E-state index contributed by atoms with van der Waals surface area (Å²) in [4.78, 5) is 9.75. The summed E-state index contributed by atoms with van der Waals surface area (Å²) in [5.74, 6) is 2.24. The van der Waals surface area contributed by atoms with E-state index in [1.807, 2.05) is 24.3 Å². The van der Waals surface area contributed by atoms with Gasteiger partial charge < -0.3 is 8.83 Å². The second-order valence-corrected chi connectivity index (χ2v) is 9.82. The molecular formula is C32H30N2O2. The van der Waals surface area contributed by atoms with E-state index in [-0.39, 0.29) is 0 Å². The first-order valence-corrected chi connectivity index (χ1v) is 12.9. The highest BCUT2D eigenvalue weighted by molar-refractivity contribution is 6.03. The average molecular weight is 475 g/mol. The highest BCUT2D eigenvalue weighted by atomic mass is 16.4. The molecule has 4 nitrogen and oxygen atoms in total. The van der Waals surface area contributed by atoms with Crippen molar-refractivity contribution < 1.29 is 8.83 Å². The third-order valence-electron chi connectivity index (χ3n) is 7.57. The molecule has 0 saturated carbocycles. The summed E-state index contributed by atoms with van der Waals surface area (Å²) >= 11 is 0. The number of nitrogens with zero attached hydrogens (tertiary/aromatic N) is 2. The molecule has 0 aliphatic heterocycles. The maximum Gasteiger partial charge on any atom is 0.227 e. The Kier molecular flexibility index (Phi) is 5.60. The topological polar surface area (TPSA) is 52.1 Å². The lowest BCUT2D eigenvalue weighted by atomic mass is 9.98. The summed E-state index contributed by atoms with van der Waals surface area (Å²) in [6, 6.07) is 25.1. The summed E-state index contributed by atoms with van der Waals surface area (Å²) < 4.78 is 12.4. The van der Waals surface area contributed by atoms with Gasteiger partial charge in [0.1, 0.15) is 11.0 Å². The van der Waals surface area contributed by atoms with Crippen LogP contribution in [0.15, 0.2) is 81.6 Å². The summed E-state index contributed by atoms with van der Waals surface area (Å²) in [6.45, 7) is 8.90. The van der Waals surface area contributed by atoms with E-state index in [0.29, 0.717) is 23.6 Å². The molecule has 0 spiro atoms. The molecule has 0 radical (unpaired) electrons. The van der Waals surface area contributed by atoms with Crippen molar-refractivity contribution in [3.8, 4) is 22.9 Å². The summed E-state index contributed by atoms with van der Waals surface area (Å²) in [7, 11) is 0. The van der Waals surface area contributed by atoms with Crippen LogP contribution in [0.2, 0.25) is 0 Å². The highest BCUT2D eigenvalue weighted by Crippen LogP contribution is 2.37. The zero-order valence-corrected chi connectivity index (χ0v) is 21.2. The van der Waals surface area contributed by atoms with Gasteiger partial charge in [-0.05, 0) is 83.0 Å². The predicted octanol–water partition coefficient (Wildman–Crippen LogP) is 9.48. The second-order valence-electron chi connectivity index (χ2n) is 9.82. The van der Waals surface area contributed by atoms with E-state index in [4.69, 9.17) is 18.8 Å². The fourth-order valence-electron chi connectivity index (χ4n) is 4.88. The van der Waals surface area contributed by atoms with Crippen molar-refractivity contribution >= 4 is 33.0 Å². The number of hydrogen-bond acceptors (Lipinski definition) is 4. The van der Waals surface area contributed by atoms with Crippen LogP contribution < -0.4 is 0 Å². The molecule has 6 aromatic rings. The summed E-state index contributed by atoms with van der Waals surface area (Å²) in [5, 5.41) is 2.12. The van der Waals surface area contributed by atoms with Gasteiger partial charge in [-0.25, -0.2) is 9.97 Å². The van der Waals surface area contributed by atoms with Gasteiger partial charge in [-0.1, -0.05) is 64.1 Å². The van der Waals surface area contributed by atoms with Crippen LogP contribution in [0.5, 0.6) is 0 Å². The Morgan fingerprint density at radius 2 is 1.06 bits per heavy atom. The largest absolute Gasteiger partial charge is 0.436 e. The van der Waals surface area contributed by atoms with Crippen LogP contribution in [-0.4, -0.2) is 9.97 Å². The maximum absolute atomic E-state index is 6.22. The van der Waals surface area contributed by atoms with Crippen molar-refractivity contribution in [3.63, 3.8) is 0 Å². The van der Waals surface area contributed by atoms with Crippen molar-refractivity contribution in [1.82, 2.24) is 9.97 Å². The lowest BCUT2D eigenvalue weighted by molar-refractivity contribution is 0.618. The first-order chi connectivity index (χ1) is 17.6. The molecule has 0 saturated heterocycles. The van der Waals surface area contributed by atoms with Gasteiger partial charge in [0.2, 0.25) is 11.8 Å². The van der Waals surface area contributed by atoms with Crippen molar-refractivity contribution in [3.05, 3.63) is 83.9 Å². The van der Waals surface area contributed by atoms with Crippen LogP contribution in [-0.2, 0) is 0 Å². The first kappa shape index (κ1) is 22.5. The number of aromatic nitrogens is 2. The zero-order valence-electron chi connectivity index (χ0n) is 21.2. The molecule has 2 unspecified atom stereocenters. The van der Waals surface area contributed by atoms with Gasteiger partial charge in [0, 0.05) is 11.1 Å². The lowest BCUT2D eigenvalue weighted by Gasteiger charge is -2.07. The van der Waals surface area contributed by atoms with E-state index < -0.39 is 0 Å². The van der Waals surface area contributed by atoms with E-state index in [2.05, 4.69) is 76.2 Å². The summed E-state index contributed by atoms with van der Waals surface area (Å²) in [5.41, 5.74) is 7.91. The van der Waals surface area contributed by atoms with E-state index in [1.165, 1.54) is 11.1 Å². The molecule has 2 heterocycles. The van der Waals surface area contributed by atoms with Gasteiger partial charge in [0.05, 0.1) is 0 Å². The Morgan fingerprint density at radius 3 is 1.47 bits per heavy atom. The highest BCUT2D eigenvalue weighted by Gasteiger charge is 2.18. The third kappa shape index (κ3) is 3.78. The van der Waals surface area contributed by atoms with Crippen LogP contribution in [0.1, 0.15) is 63.5 Å². The number of oxazole rings is 2. The molecule has 4 aromatic carbocycles. The Bertz CT molecular complexity index is 1580. The maximum atomic E-state index is 6.22. The van der Waals surface area contributed by atoms with Crippen molar-refractivity contribution in [2.45, 2.75) is 52.4 Å². The molecule has 0 bridgehead atoms. The van der Waals surface area contributed by atoms with Crippen molar-refractivity contribution in [2.75, 3.05) is 0 Å². The molecule has 36 heavy (non-hydrogen) atoms. The molecule has 2 atom stereocenters. The predicted molar refractivity (Wildman–Crippen MR) is 147 cm³/mol. The van der Waals surface area contributed by atoms with Crippen LogP contribution in [0, 0.1) is 0 Å². The molecular weight excluding hydrogens is 444 g/mol. The van der Waals surface area contributed by atoms with Gasteiger partial charge >= 0.3 is 0 Å². The molecule has 0 amide bonds. The molecule has 0 aliphatic carbocycles. The van der Waals surface area contributed by atoms with Crippen LogP contribution in [0.4, 0.5) is 0 Å². The molecule has 2 aromatic heterocycles. The molecule has 0 fully saturated rings. The smallest absolute Gasteiger partial charge is 0.227 e. The Labute approximate surface area is 211 Å². The fourth-order valence-corrected chi connectivity index (χ4v) is 4.88. The lowest BCUT2D eigenvalue weighted by Crippen LogP contribution is -1.90. The number of hydrogen-bond donors (Lipinski definition) is 0. The van der Waals surface area contributed by atoms with E-state index in [9.17, 15) is 0 Å². The van der Waals surface area contributed by atoms with Gasteiger partial charge in [-0.15, -0.1) is 0 Å². The third-order valence-corrected chi connectivity index (χ3v) is 7.57. The number of fused-ring (bicyclic) bond motifs is 3. The van der Waals surface area contributed by atoms with Gasteiger partial charge in [-0.2, -0.15) is 0 Å². The Hall–Kier alpha value is -3.92. The van der Waals surface area contributed by atoms with Gasteiger partial charge in [0.15, 0.2) is 11.2 Å². The van der Waals surface area contributed by atoms with E-state index in [0.717, 1.165) is 56.9 Å². The standard InChI is InChI=1S/C32H30N2O2/c1-5-19(3)21-11-15-29-27(17-21)33-31(35-29)25-13-14-26(24-10-8-7-9-23(24)25)32-34-28-18-22(20(4)6-2)12-16-30(28)36-32/h7-20H,5-6H2,1-4H3. The minimum absolute atomic E-state index is 0.493. The molecule has 0 aliphatic rings.